The van der Waals surface area contributed by atoms with Crippen molar-refractivity contribution in [2.24, 2.45) is 23.2 Å². The van der Waals surface area contributed by atoms with Crippen LogP contribution >= 0.6 is 0 Å². The van der Waals surface area contributed by atoms with Gasteiger partial charge in [-0.1, -0.05) is 0 Å². The fraction of sp³-hybridized carbons (Fsp3) is 0.889. The van der Waals surface area contributed by atoms with Gasteiger partial charge in [-0.25, -0.2) is 0 Å². The lowest BCUT2D eigenvalue weighted by Crippen LogP contribution is -2.54. The van der Waals surface area contributed by atoms with Crippen molar-refractivity contribution in [3.05, 3.63) is 0 Å². The molecule has 5 nitrogen and oxygen atoms in total. The summed E-state index contributed by atoms with van der Waals surface area (Å²) in [5, 5.41) is 5.97. The van der Waals surface area contributed by atoms with Gasteiger partial charge < -0.3 is 15.4 Å². The summed E-state index contributed by atoms with van der Waals surface area (Å²) in [7, 11) is 0. The van der Waals surface area contributed by atoms with Crippen LogP contribution in [0, 0.1) is 23.2 Å². The van der Waals surface area contributed by atoms with Gasteiger partial charge >= 0.3 is 0 Å². The minimum absolute atomic E-state index is 0.0356. The molecule has 1 saturated heterocycles. The molecule has 0 spiro atoms. The van der Waals surface area contributed by atoms with E-state index in [0.717, 1.165) is 49.9 Å². The van der Waals surface area contributed by atoms with Gasteiger partial charge in [0.1, 0.15) is 6.10 Å². The average molecular weight is 320 g/mol. The Morgan fingerprint density at radius 2 is 1.57 bits per heavy atom. The lowest BCUT2D eigenvalue weighted by Gasteiger charge is -2.55. The zero-order valence-corrected chi connectivity index (χ0v) is 13.8. The highest BCUT2D eigenvalue weighted by Gasteiger charge is 2.54. The van der Waals surface area contributed by atoms with Crippen LogP contribution in [0.4, 0.5) is 0 Å². The lowest BCUT2D eigenvalue weighted by molar-refractivity contribution is -0.146. The first-order valence-corrected chi connectivity index (χ1v) is 9.32. The monoisotopic (exact) mass is 320 g/mol. The largest absolute Gasteiger partial charge is 0.368 e. The Morgan fingerprint density at radius 1 is 0.957 bits per heavy atom. The highest BCUT2D eigenvalue weighted by molar-refractivity contribution is 5.83. The highest BCUT2D eigenvalue weighted by atomic mass is 16.5. The summed E-state index contributed by atoms with van der Waals surface area (Å²) in [5.74, 6) is 2.55. The third-order valence-electron chi connectivity index (χ3n) is 6.45. The maximum atomic E-state index is 12.7. The van der Waals surface area contributed by atoms with Crippen LogP contribution in [0.5, 0.6) is 0 Å². The van der Waals surface area contributed by atoms with E-state index in [9.17, 15) is 9.59 Å². The van der Waals surface area contributed by atoms with Crippen molar-refractivity contribution in [3.8, 4) is 0 Å². The van der Waals surface area contributed by atoms with E-state index in [4.69, 9.17) is 4.74 Å². The van der Waals surface area contributed by atoms with Gasteiger partial charge in [-0.3, -0.25) is 9.59 Å². The SMILES string of the molecule is O=C(NCCNC(=O)C12CC3CC(CC(C3)C1)C2)C1CCCO1. The molecule has 5 fully saturated rings. The smallest absolute Gasteiger partial charge is 0.249 e. The molecule has 1 unspecified atom stereocenters. The van der Waals surface area contributed by atoms with Gasteiger partial charge in [0.05, 0.1) is 0 Å². The second-order valence-electron chi connectivity index (χ2n) is 8.25. The second-order valence-corrected chi connectivity index (χ2v) is 8.25. The standard InChI is InChI=1S/C18H28N2O3/c21-16(15-2-1-5-23-15)19-3-4-20-17(22)18-9-12-6-13(10-18)8-14(7-12)11-18/h12-15H,1-11H2,(H,19,21)(H,20,22). The molecule has 4 bridgehead atoms. The molecule has 128 valence electrons. The molecule has 0 aromatic carbocycles. The van der Waals surface area contributed by atoms with Crippen molar-refractivity contribution in [2.75, 3.05) is 19.7 Å². The van der Waals surface area contributed by atoms with E-state index in [-0.39, 0.29) is 23.3 Å². The molecule has 1 atom stereocenters. The Balaban J connectivity index is 1.23. The van der Waals surface area contributed by atoms with Crippen molar-refractivity contribution < 1.29 is 14.3 Å². The molecule has 1 heterocycles. The maximum absolute atomic E-state index is 12.7. The molecule has 23 heavy (non-hydrogen) atoms. The maximum Gasteiger partial charge on any atom is 0.249 e. The number of carbonyl (C=O) groups is 2. The van der Waals surface area contributed by atoms with Gasteiger partial charge in [0.25, 0.3) is 0 Å². The van der Waals surface area contributed by atoms with E-state index in [1.165, 1.54) is 19.3 Å². The number of hydrogen-bond donors (Lipinski definition) is 2. The van der Waals surface area contributed by atoms with Crippen LogP contribution in [-0.2, 0) is 14.3 Å². The average Bonchev–Trinajstić information content (AvgIpc) is 3.04. The summed E-state index contributed by atoms with van der Waals surface area (Å²) in [5.41, 5.74) is -0.0900. The van der Waals surface area contributed by atoms with Gasteiger partial charge in [0, 0.05) is 25.1 Å². The van der Waals surface area contributed by atoms with Gasteiger partial charge in [-0.2, -0.15) is 0 Å². The fourth-order valence-corrected chi connectivity index (χ4v) is 5.84. The van der Waals surface area contributed by atoms with Gasteiger partial charge in [-0.05, 0) is 69.1 Å². The first-order valence-electron chi connectivity index (χ1n) is 9.32. The van der Waals surface area contributed by atoms with Crippen LogP contribution in [0.1, 0.15) is 51.4 Å². The van der Waals surface area contributed by atoms with Crippen LogP contribution in [0.25, 0.3) is 0 Å². The van der Waals surface area contributed by atoms with Crippen LogP contribution in [0.15, 0.2) is 0 Å². The molecule has 1 aliphatic heterocycles. The predicted molar refractivity (Wildman–Crippen MR) is 85.6 cm³/mol. The molecule has 0 aromatic heterocycles. The highest BCUT2D eigenvalue weighted by Crippen LogP contribution is 2.60. The second kappa shape index (κ2) is 6.08. The van der Waals surface area contributed by atoms with Gasteiger partial charge in [0.15, 0.2) is 0 Å². The van der Waals surface area contributed by atoms with Crippen LogP contribution in [-0.4, -0.2) is 37.6 Å². The van der Waals surface area contributed by atoms with Crippen molar-refractivity contribution in [3.63, 3.8) is 0 Å². The number of rotatable bonds is 5. The van der Waals surface area contributed by atoms with Crippen LogP contribution in [0.3, 0.4) is 0 Å². The van der Waals surface area contributed by atoms with E-state index < -0.39 is 0 Å². The van der Waals surface area contributed by atoms with Crippen LogP contribution < -0.4 is 10.6 Å². The summed E-state index contributed by atoms with van der Waals surface area (Å²) in [6, 6.07) is 0. The molecule has 2 N–H and O–H groups in total. The Labute approximate surface area is 137 Å². The Morgan fingerprint density at radius 3 is 2.13 bits per heavy atom. The molecule has 4 saturated carbocycles. The zero-order valence-electron chi connectivity index (χ0n) is 13.8. The van der Waals surface area contributed by atoms with Crippen molar-refractivity contribution in [1.29, 1.82) is 0 Å². The molecule has 5 aliphatic rings. The minimum atomic E-state index is -0.283. The van der Waals surface area contributed by atoms with E-state index >= 15 is 0 Å². The molecular weight excluding hydrogens is 292 g/mol. The Kier molecular flexibility index (Phi) is 4.08. The van der Waals surface area contributed by atoms with Crippen molar-refractivity contribution >= 4 is 11.8 Å². The van der Waals surface area contributed by atoms with Gasteiger partial charge in [0.2, 0.25) is 11.8 Å². The Hall–Kier alpha value is -1.10. The molecule has 4 aliphatic carbocycles. The number of nitrogens with one attached hydrogen (secondary N) is 2. The minimum Gasteiger partial charge on any atom is -0.368 e. The van der Waals surface area contributed by atoms with Crippen molar-refractivity contribution in [1.82, 2.24) is 10.6 Å². The number of amides is 2. The predicted octanol–water partition coefficient (Wildman–Crippen LogP) is 1.61. The Bertz CT molecular complexity index is 449. The number of carbonyl (C=O) groups excluding carboxylic acids is 2. The quantitative estimate of drug-likeness (QED) is 0.756. The zero-order chi connectivity index (χ0) is 15.9. The first kappa shape index (κ1) is 15.4. The molecule has 5 rings (SSSR count). The normalized spacial score (nSPS) is 41.0. The van der Waals surface area contributed by atoms with Gasteiger partial charge in [-0.15, -0.1) is 0 Å². The lowest BCUT2D eigenvalue weighted by atomic mass is 9.49. The summed E-state index contributed by atoms with van der Waals surface area (Å²) < 4.78 is 5.36. The summed E-state index contributed by atoms with van der Waals surface area (Å²) in [6.45, 7) is 1.71. The van der Waals surface area contributed by atoms with Crippen LogP contribution in [0.2, 0.25) is 0 Å². The van der Waals surface area contributed by atoms with E-state index in [2.05, 4.69) is 10.6 Å². The third-order valence-corrected chi connectivity index (χ3v) is 6.45. The van der Waals surface area contributed by atoms with Crippen molar-refractivity contribution in [2.45, 2.75) is 57.5 Å². The third kappa shape index (κ3) is 3.00. The van der Waals surface area contributed by atoms with E-state index in [1.54, 1.807) is 0 Å². The summed E-state index contributed by atoms with van der Waals surface area (Å²) in [6.07, 6.45) is 8.81. The summed E-state index contributed by atoms with van der Waals surface area (Å²) in [4.78, 5) is 24.6. The molecule has 2 amide bonds. The number of ether oxygens (including phenoxy) is 1. The first-order chi connectivity index (χ1) is 11.1. The molecule has 0 radical (unpaired) electrons. The van der Waals surface area contributed by atoms with E-state index in [0.29, 0.717) is 19.7 Å². The van der Waals surface area contributed by atoms with E-state index in [1.807, 2.05) is 0 Å². The fourth-order valence-electron chi connectivity index (χ4n) is 5.84. The topological polar surface area (TPSA) is 67.4 Å². The molecular formula is C18H28N2O3. The number of hydrogen-bond acceptors (Lipinski definition) is 3. The molecule has 0 aromatic rings. The summed E-state index contributed by atoms with van der Waals surface area (Å²) >= 11 is 0. The molecule has 5 heteroatoms.